The second-order valence-corrected chi connectivity index (χ2v) is 4.18. The average molecular weight is 225 g/mol. The Morgan fingerprint density at radius 1 is 1.56 bits per heavy atom. The standard InChI is InChI=1S/C12H23N3O/c1-5-16-9-10(2)13-7-6-12-8-15(4)14-11(12)3/h8,10,13H,5-7,9H2,1-4H3. The van der Waals surface area contributed by atoms with Crippen LogP contribution in [0.3, 0.4) is 0 Å². The van der Waals surface area contributed by atoms with Gasteiger partial charge in [0.25, 0.3) is 0 Å². The van der Waals surface area contributed by atoms with Crippen LogP contribution in [0.15, 0.2) is 6.20 Å². The Labute approximate surface area is 98.0 Å². The number of nitrogens with one attached hydrogen (secondary N) is 1. The summed E-state index contributed by atoms with van der Waals surface area (Å²) in [4.78, 5) is 0. The zero-order chi connectivity index (χ0) is 12.0. The first-order valence-electron chi connectivity index (χ1n) is 5.93. The van der Waals surface area contributed by atoms with E-state index in [1.54, 1.807) is 0 Å². The summed E-state index contributed by atoms with van der Waals surface area (Å²) >= 11 is 0. The molecule has 4 nitrogen and oxygen atoms in total. The van der Waals surface area contributed by atoms with Crippen molar-refractivity contribution >= 4 is 0 Å². The Morgan fingerprint density at radius 2 is 2.31 bits per heavy atom. The van der Waals surface area contributed by atoms with E-state index in [9.17, 15) is 0 Å². The van der Waals surface area contributed by atoms with Gasteiger partial charge in [-0.3, -0.25) is 4.68 Å². The van der Waals surface area contributed by atoms with Crippen molar-refractivity contribution in [2.45, 2.75) is 33.2 Å². The maximum atomic E-state index is 5.35. The summed E-state index contributed by atoms with van der Waals surface area (Å²) in [6.45, 7) is 8.76. The largest absolute Gasteiger partial charge is 0.380 e. The minimum Gasteiger partial charge on any atom is -0.380 e. The second-order valence-electron chi connectivity index (χ2n) is 4.18. The highest BCUT2D eigenvalue weighted by atomic mass is 16.5. The number of aryl methyl sites for hydroxylation is 2. The number of rotatable bonds is 7. The zero-order valence-corrected chi connectivity index (χ0v) is 10.8. The van der Waals surface area contributed by atoms with E-state index in [1.165, 1.54) is 5.56 Å². The van der Waals surface area contributed by atoms with Gasteiger partial charge in [-0.2, -0.15) is 5.10 Å². The molecule has 1 aromatic rings. The minimum absolute atomic E-state index is 0.414. The van der Waals surface area contributed by atoms with Crippen molar-refractivity contribution in [1.82, 2.24) is 15.1 Å². The van der Waals surface area contributed by atoms with Gasteiger partial charge in [-0.05, 0) is 39.3 Å². The molecule has 0 saturated carbocycles. The molecular formula is C12H23N3O. The van der Waals surface area contributed by atoms with E-state index in [1.807, 2.05) is 18.7 Å². The highest BCUT2D eigenvalue weighted by Crippen LogP contribution is 2.04. The molecule has 1 unspecified atom stereocenters. The monoisotopic (exact) mass is 225 g/mol. The molecule has 0 saturated heterocycles. The first kappa shape index (κ1) is 13.2. The molecule has 1 rings (SSSR count). The lowest BCUT2D eigenvalue weighted by atomic mass is 10.2. The molecule has 0 bridgehead atoms. The smallest absolute Gasteiger partial charge is 0.0626 e. The highest BCUT2D eigenvalue weighted by molar-refractivity contribution is 5.15. The molecule has 1 heterocycles. The minimum atomic E-state index is 0.414. The summed E-state index contributed by atoms with van der Waals surface area (Å²) in [6, 6.07) is 0.414. The Balaban J connectivity index is 2.22. The zero-order valence-electron chi connectivity index (χ0n) is 10.8. The van der Waals surface area contributed by atoms with Gasteiger partial charge in [-0.1, -0.05) is 0 Å². The normalized spacial score (nSPS) is 13.0. The molecule has 0 aliphatic rings. The van der Waals surface area contributed by atoms with E-state index in [0.717, 1.165) is 31.9 Å². The van der Waals surface area contributed by atoms with Crippen molar-refractivity contribution in [3.63, 3.8) is 0 Å². The topological polar surface area (TPSA) is 39.1 Å². The maximum Gasteiger partial charge on any atom is 0.0626 e. The van der Waals surface area contributed by atoms with E-state index < -0.39 is 0 Å². The molecule has 0 aromatic carbocycles. The Morgan fingerprint density at radius 3 is 2.88 bits per heavy atom. The summed E-state index contributed by atoms with van der Waals surface area (Å²) in [6.07, 6.45) is 3.11. The van der Waals surface area contributed by atoms with E-state index in [0.29, 0.717) is 6.04 Å². The van der Waals surface area contributed by atoms with Crippen LogP contribution < -0.4 is 5.32 Å². The molecular weight excluding hydrogens is 202 g/mol. The molecule has 1 atom stereocenters. The van der Waals surface area contributed by atoms with Crippen LogP contribution in [0.1, 0.15) is 25.1 Å². The average Bonchev–Trinajstić information content (AvgIpc) is 2.55. The van der Waals surface area contributed by atoms with Gasteiger partial charge in [0.1, 0.15) is 0 Å². The molecule has 16 heavy (non-hydrogen) atoms. The van der Waals surface area contributed by atoms with Gasteiger partial charge in [-0.25, -0.2) is 0 Å². The van der Waals surface area contributed by atoms with Crippen molar-refractivity contribution < 1.29 is 4.74 Å². The number of hydrogen-bond donors (Lipinski definition) is 1. The summed E-state index contributed by atoms with van der Waals surface area (Å²) in [5.41, 5.74) is 2.44. The van der Waals surface area contributed by atoms with Crippen LogP contribution >= 0.6 is 0 Å². The summed E-state index contributed by atoms with van der Waals surface area (Å²) in [5.74, 6) is 0. The van der Waals surface area contributed by atoms with Crippen LogP contribution in [0.25, 0.3) is 0 Å². The van der Waals surface area contributed by atoms with Gasteiger partial charge >= 0.3 is 0 Å². The van der Waals surface area contributed by atoms with Crippen molar-refractivity contribution in [3.8, 4) is 0 Å². The van der Waals surface area contributed by atoms with Crippen LogP contribution in [0.4, 0.5) is 0 Å². The third-order valence-corrected chi connectivity index (χ3v) is 2.57. The number of nitrogens with zero attached hydrogens (tertiary/aromatic N) is 2. The van der Waals surface area contributed by atoms with Crippen LogP contribution in [-0.4, -0.2) is 35.6 Å². The molecule has 4 heteroatoms. The molecule has 0 aliphatic carbocycles. The van der Waals surface area contributed by atoms with Crippen LogP contribution in [0.2, 0.25) is 0 Å². The summed E-state index contributed by atoms with van der Waals surface area (Å²) < 4.78 is 7.22. The van der Waals surface area contributed by atoms with Gasteiger partial charge in [0.2, 0.25) is 0 Å². The second kappa shape index (κ2) is 6.66. The van der Waals surface area contributed by atoms with Crippen LogP contribution in [0.5, 0.6) is 0 Å². The van der Waals surface area contributed by atoms with E-state index in [4.69, 9.17) is 4.74 Å². The van der Waals surface area contributed by atoms with Gasteiger partial charge in [0.05, 0.1) is 12.3 Å². The molecule has 0 fully saturated rings. The number of hydrogen-bond acceptors (Lipinski definition) is 3. The molecule has 1 N–H and O–H groups in total. The predicted octanol–water partition coefficient (Wildman–Crippen LogP) is 1.29. The lowest BCUT2D eigenvalue weighted by molar-refractivity contribution is 0.127. The Kier molecular flexibility index (Phi) is 5.49. The molecule has 0 aliphatic heterocycles. The number of aromatic nitrogens is 2. The summed E-state index contributed by atoms with van der Waals surface area (Å²) in [5, 5.41) is 7.76. The van der Waals surface area contributed by atoms with E-state index in [-0.39, 0.29) is 0 Å². The molecule has 0 amide bonds. The molecule has 1 aromatic heterocycles. The van der Waals surface area contributed by atoms with Crippen molar-refractivity contribution in [3.05, 3.63) is 17.5 Å². The van der Waals surface area contributed by atoms with Crippen LogP contribution in [0, 0.1) is 6.92 Å². The first-order valence-corrected chi connectivity index (χ1v) is 5.93. The third kappa shape index (κ3) is 4.33. The fourth-order valence-electron chi connectivity index (χ4n) is 1.70. The van der Waals surface area contributed by atoms with Crippen molar-refractivity contribution in [2.24, 2.45) is 7.05 Å². The van der Waals surface area contributed by atoms with Gasteiger partial charge in [-0.15, -0.1) is 0 Å². The van der Waals surface area contributed by atoms with Crippen molar-refractivity contribution in [2.75, 3.05) is 19.8 Å². The number of ether oxygens (including phenoxy) is 1. The summed E-state index contributed by atoms with van der Waals surface area (Å²) in [7, 11) is 1.96. The van der Waals surface area contributed by atoms with Gasteiger partial charge < -0.3 is 10.1 Å². The maximum absolute atomic E-state index is 5.35. The van der Waals surface area contributed by atoms with Crippen molar-refractivity contribution in [1.29, 1.82) is 0 Å². The first-order chi connectivity index (χ1) is 7.63. The van der Waals surface area contributed by atoms with Gasteiger partial charge in [0.15, 0.2) is 0 Å². The molecule has 92 valence electrons. The SMILES string of the molecule is CCOCC(C)NCCc1cn(C)nc1C. The lowest BCUT2D eigenvalue weighted by Crippen LogP contribution is -2.32. The lowest BCUT2D eigenvalue weighted by Gasteiger charge is -2.13. The molecule has 0 radical (unpaired) electrons. The predicted molar refractivity (Wildman–Crippen MR) is 65.6 cm³/mol. The fraction of sp³-hybridized carbons (Fsp3) is 0.750. The van der Waals surface area contributed by atoms with Crippen LogP contribution in [-0.2, 0) is 18.2 Å². The quantitative estimate of drug-likeness (QED) is 0.760. The highest BCUT2D eigenvalue weighted by Gasteiger charge is 2.04. The van der Waals surface area contributed by atoms with E-state index >= 15 is 0 Å². The van der Waals surface area contributed by atoms with E-state index in [2.05, 4.69) is 30.5 Å². The Hall–Kier alpha value is -0.870. The third-order valence-electron chi connectivity index (χ3n) is 2.57. The molecule has 0 spiro atoms. The van der Waals surface area contributed by atoms with Gasteiger partial charge in [0, 0.05) is 25.9 Å². The Bertz CT molecular complexity index is 309. The fourth-order valence-corrected chi connectivity index (χ4v) is 1.70.